The lowest BCUT2D eigenvalue weighted by Crippen LogP contribution is -2.31. The molecule has 0 spiro atoms. The van der Waals surface area contributed by atoms with Crippen LogP contribution in [0.15, 0.2) is 5.16 Å². The second-order valence-corrected chi connectivity index (χ2v) is 6.02. The maximum atomic E-state index is 8.63. The Kier molecular flexibility index (Phi) is 8.53. The fourth-order valence-corrected chi connectivity index (χ4v) is 2.40. The lowest BCUT2D eigenvalue weighted by atomic mass is 9.87. The first kappa shape index (κ1) is 15.6. The van der Waals surface area contributed by atoms with E-state index < -0.39 is 0 Å². The Hall–Kier alpha value is -0.380. The summed E-state index contributed by atoms with van der Waals surface area (Å²) >= 11 is 2.01. The minimum absolute atomic E-state index is 0.182. The van der Waals surface area contributed by atoms with Crippen LogP contribution in [-0.2, 0) is 0 Å². The molecule has 4 heteroatoms. The first-order valence-electron chi connectivity index (χ1n) is 6.10. The molecule has 0 atom stereocenters. The number of amidine groups is 1. The van der Waals surface area contributed by atoms with Gasteiger partial charge in [-0.2, -0.15) is 11.8 Å². The van der Waals surface area contributed by atoms with Gasteiger partial charge >= 0.3 is 0 Å². The highest BCUT2D eigenvalue weighted by molar-refractivity contribution is 7.99. The molecule has 0 radical (unpaired) electrons. The van der Waals surface area contributed by atoms with Crippen LogP contribution < -0.4 is 5.73 Å². The van der Waals surface area contributed by atoms with E-state index >= 15 is 0 Å². The summed E-state index contributed by atoms with van der Waals surface area (Å²) in [6.07, 6.45) is 6.05. The zero-order chi connectivity index (χ0) is 12.4. The molecule has 0 unspecified atom stereocenters. The Morgan fingerprint density at radius 2 is 1.88 bits per heavy atom. The van der Waals surface area contributed by atoms with Crippen LogP contribution in [0.4, 0.5) is 0 Å². The summed E-state index contributed by atoms with van der Waals surface area (Å²) in [6, 6.07) is 0. The molecule has 0 aliphatic heterocycles. The molecule has 0 aliphatic rings. The normalized spacial score (nSPS) is 13.1. The SMILES string of the molecule is CCCCCSCCCC(C)(C)C(N)=NO. The molecule has 0 aromatic rings. The summed E-state index contributed by atoms with van der Waals surface area (Å²) in [6.45, 7) is 6.26. The van der Waals surface area contributed by atoms with Crippen molar-refractivity contribution >= 4 is 17.6 Å². The average Bonchev–Trinajstić information content (AvgIpc) is 2.26. The van der Waals surface area contributed by atoms with Gasteiger partial charge in [-0.15, -0.1) is 0 Å². The van der Waals surface area contributed by atoms with E-state index in [0.717, 1.165) is 12.8 Å². The molecule has 3 nitrogen and oxygen atoms in total. The predicted octanol–water partition coefficient (Wildman–Crippen LogP) is 3.46. The van der Waals surface area contributed by atoms with Gasteiger partial charge in [-0.25, -0.2) is 0 Å². The van der Waals surface area contributed by atoms with Crippen LogP contribution in [0.2, 0.25) is 0 Å². The van der Waals surface area contributed by atoms with E-state index in [9.17, 15) is 0 Å². The van der Waals surface area contributed by atoms with E-state index in [4.69, 9.17) is 10.9 Å². The number of nitrogens with two attached hydrogens (primary N) is 1. The Morgan fingerprint density at radius 1 is 1.25 bits per heavy atom. The summed E-state index contributed by atoms with van der Waals surface area (Å²) in [7, 11) is 0. The van der Waals surface area contributed by atoms with Crippen molar-refractivity contribution in [3.63, 3.8) is 0 Å². The number of thioether (sulfide) groups is 1. The summed E-state index contributed by atoms with van der Waals surface area (Å²) in [4.78, 5) is 0. The van der Waals surface area contributed by atoms with Gasteiger partial charge in [0.25, 0.3) is 0 Å². The maximum absolute atomic E-state index is 8.63. The molecule has 0 rings (SSSR count). The third-order valence-electron chi connectivity index (χ3n) is 2.78. The van der Waals surface area contributed by atoms with E-state index in [1.54, 1.807) is 0 Å². The fraction of sp³-hybridized carbons (Fsp3) is 0.917. The number of unbranched alkanes of at least 4 members (excludes halogenated alkanes) is 2. The lowest BCUT2D eigenvalue weighted by Gasteiger charge is -2.22. The van der Waals surface area contributed by atoms with Crippen molar-refractivity contribution in [3.8, 4) is 0 Å². The smallest absolute Gasteiger partial charge is 0.144 e. The molecule has 96 valence electrons. The van der Waals surface area contributed by atoms with E-state index in [2.05, 4.69) is 12.1 Å². The highest BCUT2D eigenvalue weighted by Gasteiger charge is 2.22. The summed E-state index contributed by atoms with van der Waals surface area (Å²) in [5.74, 6) is 2.77. The van der Waals surface area contributed by atoms with Crippen molar-refractivity contribution in [2.45, 2.75) is 52.9 Å². The third-order valence-corrected chi connectivity index (χ3v) is 3.94. The van der Waals surface area contributed by atoms with Crippen molar-refractivity contribution in [1.29, 1.82) is 0 Å². The molecule has 0 aromatic carbocycles. The van der Waals surface area contributed by atoms with Crippen molar-refractivity contribution in [2.75, 3.05) is 11.5 Å². The summed E-state index contributed by atoms with van der Waals surface area (Å²) < 4.78 is 0. The Balaban J connectivity index is 3.51. The van der Waals surface area contributed by atoms with Crippen LogP contribution in [0.1, 0.15) is 52.9 Å². The van der Waals surface area contributed by atoms with Gasteiger partial charge in [0.2, 0.25) is 0 Å². The molecule has 0 heterocycles. The van der Waals surface area contributed by atoms with E-state index in [-0.39, 0.29) is 5.41 Å². The summed E-state index contributed by atoms with van der Waals surface area (Å²) in [5, 5.41) is 11.7. The molecule has 0 saturated heterocycles. The molecule has 3 N–H and O–H groups in total. The number of hydrogen-bond acceptors (Lipinski definition) is 3. The van der Waals surface area contributed by atoms with Crippen LogP contribution in [0.5, 0.6) is 0 Å². The van der Waals surface area contributed by atoms with Gasteiger partial charge in [0.15, 0.2) is 0 Å². The molecular formula is C12H26N2OS. The highest BCUT2D eigenvalue weighted by Crippen LogP contribution is 2.23. The minimum Gasteiger partial charge on any atom is -0.409 e. The first-order chi connectivity index (χ1) is 7.54. The molecule has 0 amide bonds. The van der Waals surface area contributed by atoms with Crippen LogP contribution in [-0.4, -0.2) is 22.5 Å². The standard InChI is InChI=1S/C12H26N2OS/c1-4-5-6-9-16-10-7-8-12(2,3)11(13)14-15/h15H,4-10H2,1-3H3,(H2,13,14). The van der Waals surface area contributed by atoms with Gasteiger partial charge in [-0.1, -0.05) is 38.8 Å². The van der Waals surface area contributed by atoms with Crippen molar-refractivity contribution in [3.05, 3.63) is 0 Å². The second-order valence-electron chi connectivity index (χ2n) is 4.79. The van der Waals surface area contributed by atoms with Gasteiger partial charge in [0.05, 0.1) is 0 Å². The molecule has 16 heavy (non-hydrogen) atoms. The molecule has 0 fully saturated rings. The van der Waals surface area contributed by atoms with Crippen molar-refractivity contribution in [2.24, 2.45) is 16.3 Å². The number of nitrogens with zero attached hydrogens (tertiary/aromatic N) is 1. The molecule has 0 aromatic heterocycles. The third kappa shape index (κ3) is 6.99. The fourth-order valence-electron chi connectivity index (χ4n) is 1.44. The second kappa shape index (κ2) is 8.74. The Labute approximate surface area is 104 Å². The van der Waals surface area contributed by atoms with Crippen LogP contribution in [0, 0.1) is 5.41 Å². The van der Waals surface area contributed by atoms with Gasteiger partial charge in [-0.3, -0.25) is 0 Å². The summed E-state index contributed by atoms with van der Waals surface area (Å²) in [5.41, 5.74) is 5.44. The van der Waals surface area contributed by atoms with Gasteiger partial charge in [-0.05, 0) is 30.8 Å². The van der Waals surface area contributed by atoms with Crippen LogP contribution >= 0.6 is 11.8 Å². The van der Waals surface area contributed by atoms with E-state index in [1.807, 2.05) is 25.6 Å². The van der Waals surface area contributed by atoms with Gasteiger partial charge in [0.1, 0.15) is 5.84 Å². The minimum atomic E-state index is -0.182. The zero-order valence-corrected chi connectivity index (χ0v) is 11.6. The number of oxime groups is 1. The average molecular weight is 246 g/mol. The van der Waals surface area contributed by atoms with Gasteiger partial charge in [0, 0.05) is 5.41 Å². The van der Waals surface area contributed by atoms with Crippen LogP contribution in [0.25, 0.3) is 0 Å². The Bertz CT molecular complexity index is 205. The number of rotatable bonds is 9. The van der Waals surface area contributed by atoms with Crippen LogP contribution in [0.3, 0.4) is 0 Å². The topological polar surface area (TPSA) is 58.6 Å². The van der Waals surface area contributed by atoms with E-state index in [0.29, 0.717) is 5.84 Å². The largest absolute Gasteiger partial charge is 0.409 e. The van der Waals surface area contributed by atoms with Crippen molar-refractivity contribution in [1.82, 2.24) is 0 Å². The predicted molar refractivity (Wildman–Crippen MR) is 73.3 cm³/mol. The van der Waals surface area contributed by atoms with Gasteiger partial charge < -0.3 is 10.9 Å². The quantitative estimate of drug-likeness (QED) is 0.215. The molecular weight excluding hydrogens is 220 g/mol. The zero-order valence-electron chi connectivity index (χ0n) is 10.8. The molecule has 0 aliphatic carbocycles. The lowest BCUT2D eigenvalue weighted by molar-refractivity contribution is 0.305. The first-order valence-corrected chi connectivity index (χ1v) is 7.25. The monoisotopic (exact) mass is 246 g/mol. The van der Waals surface area contributed by atoms with Crippen molar-refractivity contribution < 1.29 is 5.21 Å². The molecule has 0 saturated carbocycles. The number of hydrogen-bond donors (Lipinski definition) is 2. The molecule has 0 bridgehead atoms. The van der Waals surface area contributed by atoms with E-state index in [1.165, 1.54) is 30.8 Å². The highest BCUT2D eigenvalue weighted by atomic mass is 32.2. The maximum Gasteiger partial charge on any atom is 0.144 e. The Morgan fingerprint density at radius 3 is 2.44 bits per heavy atom.